The molecule has 6 heteroatoms. The molecule has 2 aromatic heterocycles. The minimum Gasteiger partial charge on any atom is -0.321 e. The van der Waals surface area contributed by atoms with E-state index in [4.69, 9.17) is 0 Å². The van der Waals surface area contributed by atoms with E-state index in [2.05, 4.69) is 15.3 Å². The first kappa shape index (κ1) is 13.4. The zero-order valence-electron chi connectivity index (χ0n) is 10.8. The summed E-state index contributed by atoms with van der Waals surface area (Å²) >= 11 is 1.54. The van der Waals surface area contributed by atoms with Gasteiger partial charge in [0.2, 0.25) is 5.95 Å². The second kappa shape index (κ2) is 5.80. The van der Waals surface area contributed by atoms with Crippen molar-refractivity contribution in [3.63, 3.8) is 0 Å². The molecule has 3 rings (SSSR count). The maximum atomic E-state index is 13.0. The van der Waals surface area contributed by atoms with Crippen molar-refractivity contribution >= 4 is 22.9 Å². The number of carbonyl (C=O) groups excluding carboxylic acids is 1. The van der Waals surface area contributed by atoms with E-state index < -0.39 is 11.9 Å². The van der Waals surface area contributed by atoms with Gasteiger partial charge in [-0.2, -0.15) is 4.39 Å². The minimum absolute atomic E-state index is 0.0407. The molecule has 0 atom stereocenters. The Morgan fingerprint density at radius 1 is 1.14 bits per heavy atom. The van der Waals surface area contributed by atoms with Gasteiger partial charge in [0.25, 0.3) is 5.91 Å². The summed E-state index contributed by atoms with van der Waals surface area (Å²) in [5.74, 6) is -1.13. The van der Waals surface area contributed by atoms with E-state index in [0.717, 1.165) is 10.6 Å². The third-order valence-electron chi connectivity index (χ3n) is 2.77. The van der Waals surface area contributed by atoms with E-state index >= 15 is 0 Å². The van der Waals surface area contributed by atoms with Gasteiger partial charge in [0.1, 0.15) is 10.7 Å². The fourth-order valence-corrected chi connectivity index (χ4v) is 2.44. The zero-order valence-corrected chi connectivity index (χ0v) is 11.6. The summed E-state index contributed by atoms with van der Waals surface area (Å²) in [7, 11) is 0. The summed E-state index contributed by atoms with van der Waals surface area (Å²) in [4.78, 5) is 19.7. The van der Waals surface area contributed by atoms with Gasteiger partial charge in [-0.05, 0) is 36.4 Å². The number of anilines is 1. The number of carbonyl (C=O) groups is 1. The van der Waals surface area contributed by atoms with Gasteiger partial charge >= 0.3 is 0 Å². The van der Waals surface area contributed by atoms with Crippen LogP contribution in [0, 0.1) is 5.95 Å². The molecule has 104 valence electrons. The van der Waals surface area contributed by atoms with Crippen LogP contribution in [0.15, 0.2) is 54.0 Å². The van der Waals surface area contributed by atoms with Crippen LogP contribution in [0.5, 0.6) is 0 Å². The van der Waals surface area contributed by atoms with Crippen LogP contribution >= 0.6 is 11.3 Å². The molecule has 0 aliphatic rings. The Hall–Kier alpha value is -2.60. The third kappa shape index (κ3) is 3.11. The van der Waals surface area contributed by atoms with Crippen molar-refractivity contribution in [3.8, 4) is 10.6 Å². The summed E-state index contributed by atoms with van der Waals surface area (Å²) in [5, 5.41) is 5.49. The molecular weight excluding hydrogens is 289 g/mol. The number of hydrogen-bond acceptors (Lipinski definition) is 4. The predicted molar refractivity (Wildman–Crippen MR) is 79.7 cm³/mol. The summed E-state index contributed by atoms with van der Waals surface area (Å²) in [6.07, 6.45) is 1.74. The van der Waals surface area contributed by atoms with Gasteiger partial charge in [-0.1, -0.05) is 6.07 Å². The van der Waals surface area contributed by atoms with Gasteiger partial charge in [-0.3, -0.25) is 4.79 Å². The van der Waals surface area contributed by atoms with Crippen LogP contribution in [-0.2, 0) is 0 Å². The Balaban J connectivity index is 1.75. The second-order valence-corrected chi connectivity index (χ2v) is 5.11. The molecule has 0 aliphatic heterocycles. The Morgan fingerprint density at radius 3 is 2.62 bits per heavy atom. The van der Waals surface area contributed by atoms with Gasteiger partial charge in [-0.15, -0.1) is 11.3 Å². The normalized spacial score (nSPS) is 10.3. The predicted octanol–water partition coefficient (Wildman–Crippen LogP) is 3.60. The highest BCUT2D eigenvalue weighted by molar-refractivity contribution is 7.13. The van der Waals surface area contributed by atoms with Crippen LogP contribution in [0.25, 0.3) is 10.6 Å². The lowest BCUT2D eigenvalue weighted by atomic mass is 10.2. The van der Waals surface area contributed by atoms with Crippen molar-refractivity contribution in [2.45, 2.75) is 0 Å². The zero-order chi connectivity index (χ0) is 14.7. The summed E-state index contributed by atoms with van der Waals surface area (Å²) < 4.78 is 13.0. The number of rotatable bonds is 3. The molecule has 3 aromatic rings. The number of nitrogens with one attached hydrogen (secondary N) is 1. The number of pyridine rings is 1. The smallest absolute Gasteiger partial charge is 0.274 e. The molecule has 1 aromatic carbocycles. The first-order chi connectivity index (χ1) is 10.2. The molecular formula is C15H10FN3OS. The van der Waals surface area contributed by atoms with E-state index in [1.54, 1.807) is 29.7 Å². The second-order valence-electron chi connectivity index (χ2n) is 4.21. The Labute approximate surface area is 124 Å². The van der Waals surface area contributed by atoms with E-state index in [0.29, 0.717) is 5.69 Å². The van der Waals surface area contributed by atoms with Crippen LogP contribution in [0.4, 0.5) is 10.1 Å². The quantitative estimate of drug-likeness (QED) is 0.752. The number of thiazole rings is 1. The van der Waals surface area contributed by atoms with E-state index in [1.807, 2.05) is 17.5 Å². The minimum atomic E-state index is -0.679. The standard InChI is InChI=1S/C15H10FN3OS/c16-13-3-1-2-12(19-13)14(20)18-11-6-4-10(5-7-11)15-17-8-9-21-15/h1-9H,(H,18,20). The molecule has 1 N–H and O–H groups in total. The average molecular weight is 299 g/mol. The van der Waals surface area contributed by atoms with Crippen molar-refractivity contribution in [2.75, 3.05) is 5.32 Å². The lowest BCUT2D eigenvalue weighted by Crippen LogP contribution is -2.14. The number of nitrogens with zero attached hydrogens (tertiary/aromatic N) is 2. The fraction of sp³-hybridized carbons (Fsp3) is 0. The van der Waals surface area contributed by atoms with E-state index in [1.165, 1.54) is 18.2 Å². The molecule has 0 spiro atoms. The molecule has 0 bridgehead atoms. The molecule has 0 unspecified atom stereocenters. The van der Waals surface area contributed by atoms with Crippen molar-refractivity contribution in [1.82, 2.24) is 9.97 Å². The third-order valence-corrected chi connectivity index (χ3v) is 3.59. The summed E-state index contributed by atoms with van der Waals surface area (Å²) in [5.41, 5.74) is 1.64. The van der Waals surface area contributed by atoms with Gasteiger partial charge < -0.3 is 5.32 Å². The lowest BCUT2D eigenvalue weighted by molar-refractivity contribution is 0.102. The monoisotopic (exact) mass is 299 g/mol. The highest BCUT2D eigenvalue weighted by Gasteiger charge is 2.08. The van der Waals surface area contributed by atoms with E-state index in [-0.39, 0.29) is 5.69 Å². The van der Waals surface area contributed by atoms with Crippen molar-refractivity contribution in [2.24, 2.45) is 0 Å². The Morgan fingerprint density at radius 2 is 1.95 bits per heavy atom. The summed E-state index contributed by atoms with van der Waals surface area (Å²) in [6.45, 7) is 0. The lowest BCUT2D eigenvalue weighted by Gasteiger charge is -2.05. The molecule has 0 fully saturated rings. The largest absolute Gasteiger partial charge is 0.321 e. The molecule has 0 saturated carbocycles. The first-order valence-corrected chi connectivity index (χ1v) is 7.04. The molecule has 2 heterocycles. The van der Waals surface area contributed by atoms with Gasteiger partial charge in [0.05, 0.1) is 0 Å². The number of hydrogen-bond donors (Lipinski definition) is 1. The van der Waals surface area contributed by atoms with Crippen LogP contribution < -0.4 is 5.32 Å². The maximum absolute atomic E-state index is 13.0. The van der Waals surface area contributed by atoms with Crippen LogP contribution in [0.1, 0.15) is 10.5 Å². The van der Waals surface area contributed by atoms with Crippen LogP contribution in [0.2, 0.25) is 0 Å². The van der Waals surface area contributed by atoms with Gasteiger partial charge in [-0.25, -0.2) is 9.97 Å². The topological polar surface area (TPSA) is 54.9 Å². The van der Waals surface area contributed by atoms with Gasteiger partial charge in [0.15, 0.2) is 0 Å². The number of halogens is 1. The van der Waals surface area contributed by atoms with Crippen LogP contribution in [-0.4, -0.2) is 15.9 Å². The van der Waals surface area contributed by atoms with Crippen LogP contribution in [0.3, 0.4) is 0 Å². The Kier molecular flexibility index (Phi) is 3.70. The van der Waals surface area contributed by atoms with Crippen molar-refractivity contribution < 1.29 is 9.18 Å². The molecule has 0 radical (unpaired) electrons. The van der Waals surface area contributed by atoms with E-state index in [9.17, 15) is 9.18 Å². The van der Waals surface area contributed by atoms with Gasteiger partial charge in [0, 0.05) is 22.8 Å². The SMILES string of the molecule is O=C(Nc1ccc(-c2nccs2)cc1)c1cccc(F)n1. The number of benzene rings is 1. The molecule has 0 saturated heterocycles. The molecule has 0 aliphatic carbocycles. The fourth-order valence-electron chi connectivity index (χ4n) is 1.79. The van der Waals surface area contributed by atoms with Crippen molar-refractivity contribution in [3.05, 3.63) is 65.7 Å². The molecule has 4 nitrogen and oxygen atoms in total. The highest BCUT2D eigenvalue weighted by Crippen LogP contribution is 2.23. The maximum Gasteiger partial charge on any atom is 0.274 e. The number of aromatic nitrogens is 2. The average Bonchev–Trinajstić information content (AvgIpc) is 3.02. The van der Waals surface area contributed by atoms with Crippen molar-refractivity contribution in [1.29, 1.82) is 0 Å². The highest BCUT2D eigenvalue weighted by atomic mass is 32.1. The molecule has 21 heavy (non-hydrogen) atoms. The molecule has 1 amide bonds. The Bertz CT molecular complexity index is 757. The summed E-state index contributed by atoms with van der Waals surface area (Å²) in [6, 6.07) is 11.4. The number of amides is 1. The first-order valence-electron chi connectivity index (χ1n) is 6.16.